The Labute approximate surface area is 112 Å². The van der Waals surface area contributed by atoms with Crippen LogP contribution < -0.4 is 5.32 Å². The molecular formula is C12H18ClN3O2. The van der Waals surface area contributed by atoms with Crippen LogP contribution in [0.2, 0.25) is 5.02 Å². The van der Waals surface area contributed by atoms with Crippen molar-refractivity contribution in [2.45, 2.75) is 19.4 Å². The van der Waals surface area contributed by atoms with Crippen molar-refractivity contribution in [3.63, 3.8) is 0 Å². The number of hydrogen-bond donors (Lipinski definition) is 2. The summed E-state index contributed by atoms with van der Waals surface area (Å²) >= 11 is 5.96. The van der Waals surface area contributed by atoms with Crippen LogP contribution in [0.4, 0.5) is 5.82 Å². The van der Waals surface area contributed by atoms with Crippen LogP contribution in [0.15, 0.2) is 12.3 Å². The van der Waals surface area contributed by atoms with Crippen molar-refractivity contribution >= 4 is 23.3 Å². The number of anilines is 1. The summed E-state index contributed by atoms with van der Waals surface area (Å²) in [4.78, 5) is 17.6. The molecule has 0 fully saturated rings. The summed E-state index contributed by atoms with van der Waals surface area (Å²) in [6.45, 7) is 3.51. The summed E-state index contributed by atoms with van der Waals surface area (Å²) in [5.74, 6) is 0.320. The van der Waals surface area contributed by atoms with Gasteiger partial charge in [0.25, 0.3) is 5.91 Å². The summed E-state index contributed by atoms with van der Waals surface area (Å²) in [5, 5.41) is 12.8. The van der Waals surface area contributed by atoms with Crippen LogP contribution in [0.3, 0.4) is 0 Å². The number of aliphatic hydroxyl groups is 1. The Morgan fingerprint density at radius 2 is 2.22 bits per heavy atom. The van der Waals surface area contributed by atoms with Crippen LogP contribution in [0, 0.1) is 0 Å². The topological polar surface area (TPSA) is 65.5 Å². The third-order valence-electron chi connectivity index (χ3n) is 2.31. The predicted octanol–water partition coefficient (Wildman–Crippen LogP) is 1.62. The van der Waals surface area contributed by atoms with Gasteiger partial charge in [-0.15, -0.1) is 0 Å². The molecule has 0 aliphatic rings. The van der Waals surface area contributed by atoms with Gasteiger partial charge in [-0.1, -0.05) is 11.6 Å². The molecular weight excluding hydrogens is 254 g/mol. The largest absolute Gasteiger partial charge is 0.389 e. The highest BCUT2D eigenvalue weighted by molar-refractivity contribution is 6.33. The van der Waals surface area contributed by atoms with E-state index in [0.717, 1.165) is 0 Å². The Bertz CT molecular complexity index is 443. The fraction of sp³-hybridized carbons (Fsp3) is 0.500. The van der Waals surface area contributed by atoms with Crippen molar-refractivity contribution < 1.29 is 9.90 Å². The Morgan fingerprint density at radius 1 is 1.61 bits per heavy atom. The van der Waals surface area contributed by atoms with E-state index in [0.29, 0.717) is 16.4 Å². The maximum atomic E-state index is 12.2. The highest BCUT2D eigenvalue weighted by atomic mass is 35.5. The second kappa shape index (κ2) is 5.54. The molecule has 0 spiro atoms. The fourth-order valence-electron chi connectivity index (χ4n) is 1.60. The summed E-state index contributed by atoms with van der Waals surface area (Å²) in [6, 6.07) is 1.59. The number of amides is 1. The average molecular weight is 272 g/mol. The first-order valence-corrected chi connectivity index (χ1v) is 5.93. The average Bonchev–Trinajstić information content (AvgIpc) is 2.26. The third kappa shape index (κ3) is 3.85. The Hall–Kier alpha value is -1.33. The maximum absolute atomic E-state index is 12.2. The minimum Gasteiger partial charge on any atom is -0.389 e. The van der Waals surface area contributed by atoms with E-state index in [9.17, 15) is 9.90 Å². The van der Waals surface area contributed by atoms with Gasteiger partial charge in [-0.05, 0) is 19.9 Å². The molecule has 1 rings (SSSR count). The predicted molar refractivity (Wildman–Crippen MR) is 72.1 cm³/mol. The summed E-state index contributed by atoms with van der Waals surface area (Å²) in [6.07, 6.45) is 1.43. The molecule has 100 valence electrons. The number of pyridine rings is 1. The number of carbonyl (C=O) groups excluding carboxylic acids is 1. The number of hydrogen-bond acceptors (Lipinski definition) is 4. The molecule has 1 amide bonds. The fourth-order valence-corrected chi connectivity index (χ4v) is 1.78. The molecule has 0 aliphatic carbocycles. The molecule has 0 radical (unpaired) electrons. The van der Waals surface area contributed by atoms with E-state index in [2.05, 4.69) is 10.3 Å². The molecule has 0 atom stereocenters. The molecule has 1 heterocycles. The van der Waals surface area contributed by atoms with Crippen molar-refractivity contribution in [1.29, 1.82) is 0 Å². The molecule has 2 N–H and O–H groups in total. The van der Waals surface area contributed by atoms with E-state index >= 15 is 0 Å². The molecule has 6 heteroatoms. The summed E-state index contributed by atoms with van der Waals surface area (Å²) in [7, 11) is 3.33. The van der Waals surface area contributed by atoms with E-state index < -0.39 is 5.60 Å². The lowest BCUT2D eigenvalue weighted by molar-refractivity contribution is 0.0368. The van der Waals surface area contributed by atoms with E-state index in [1.54, 1.807) is 34.0 Å². The lowest BCUT2D eigenvalue weighted by Gasteiger charge is -2.25. The lowest BCUT2D eigenvalue weighted by Crippen LogP contribution is -2.39. The smallest absolute Gasteiger partial charge is 0.255 e. The summed E-state index contributed by atoms with van der Waals surface area (Å²) in [5.41, 5.74) is -0.585. The monoisotopic (exact) mass is 271 g/mol. The Balaban J connectivity index is 2.96. The zero-order valence-corrected chi connectivity index (χ0v) is 11.7. The standard InChI is InChI=1S/C12H18ClN3O2/c1-12(2,18)7-16(4)11(17)8-5-10(14-3)15-6-9(8)13/h5-6,18H,7H2,1-4H3,(H,14,15). The SMILES string of the molecule is CNc1cc(C(=O)N(C)CC(C)(C)O)c(Cl)cn1. The molecule has 1 aromatic rings. The van der Waals surface area contributed by atoms with Crippen LogP contribution in [0.5, 0.6) is 0 Å². The van der Waals surface area contributed by atoms with Gasteiger partial charge in [0, 0.05) is 26.8 Å². The van der Waals surface area contributed by atoms with Gasteiger partial charge in [0.2, 0.25) is 0 Å². The van der Waals surface area contributed by atoms with Crippen LogP contribution >= 0.6 is 11.6 Å². The molecule has 18 heavy (non-hydrogen) atoms. The zero-order valence-electron chi connectivity index (χ0n) is 11.0. The quantitative estimate of drug-likeness (QED) is 0.873. The van der Waals surface area contributed by atoms with Gasteiger partial charge in [-0.2, -0.15) is 0 Å². The molecule has 0 unspecified atom stereocenters. The van der Waals surface area contributed by atoms with E-state index in [1.807, 2.05) is 0 Å². The van der Waals surface area contributed by atoms with Crippen LogP contribution in [-0.4, -0.2) is 47.1 Å². The summed E-state index contributed by atoms with van der Waals surface area (Å²) < 4.78 is 0. The Kier molecular flexibility index (Phi) is 4.53. The molecule has 1 aromatic heterocycles. The second-order valence-corrected chi connectivity index (χ2v) is 5.18. The number of nitrogens with zero attached hydrogens (tertiary/aromatic N) is 2. The number of likely N-dealkylation sites (N-methyl/N-ethyl adjacent to an activating group) is 1. The van der Waals surface area contributed by atoms with Crippen LogP contribution in [-0.2, 0) is 0 Å². The molecule has 0 saturated carbocycles. The Morgan fingerprint density at radius 3 is 2.72 bits per heavy atom. The first-order valence-electron chi connectivity index (χ1n) is 5.56. The lowest BCUT2D eigenvalue weighted by atomic mass is 10.1. The highest BCUT2D eigenvalue weighted by Crippen LogP contribution is 2.20. The highest BCUT2D eigenvalue weighted by Gasteiger charge is 2.22. The number of carbonyl (C=O) groups is 1. The van der Waals surface area contributed by atoms with Gasteiger partial charge in [0.05, 0.1) is 16.2 Å². The second-order valence-electron chi connectivity index (χ2n) is 4.77. The van der Waals surface area contributed by atoms with Gasteiger partial charge >= 0.3 is 0 Å². The van der Waals surface area contributed by atoms with Crippen molar-refractivity contribution in [3.8, 4) is 0 Å². The van der Waals surface area contributed by atoms with Crippen molar-refractivity contribution in [3.05, 3.63) is 22.8 Å². The zero-order chi connectivity index (χ0) is 13.9. The van der Waals surface area contributed by atoms with Gasteiger partial charge in [0.15, 0.2) is 0 Å². The van der Waals surface area contributed by atoms with Gasteiger partial charge < -0.3 is 15.3 Å². The van der Waals surface area contributed by atoms with Gasteiger partial charge in [0.1, 0.15) is 5.82 Å². The van der Waals surface area contributed by atoms with Crippen LogP contribution in [0.1, 0.15) is 24.2 Å². The van der Waals surface area contributed by atoms with Crippen LogP contribution in [0.25, 0.3) is 0 Å². The number of nitrogens with one attached hydrogen (secondary N) is 1. The first kappa shape index (κ1) is 14.7. The van der Waals surface area contributed by atoms with E-state index in [4.69, 9.17) is 11.6 Å². The number of aromatic nitrogens is 1. The van der Waals surface area contributed by atoms with Crippen molar-refractivity contribution in [2.75, 3.05) is 26.0 Å². The van der Waals surface area contributed by atoms with E-state index in [-0.39, 0.29) is 12.5 Å². The normalized spacial score (nSPS) is 11.2. The maximum Gasteiger partial charge on any atom is 0.255 e. The third-order valence-corrected chi connectivity index (χ3v) is 2.61. The van der Waals surface area contributed by atoms with Crippen molar-refractivity contribution in [2.24, 2.45) is 0 Å². The molecule has 0 saturated heterocycles. The van der Waals surface area contributed by atoms with E-state index in [1.165, 1.54) is 11.1 Å². The molecule has 0 bridgehead atoms. The van der Waals surface area contributed by atoms with Crippen molar-refractivity contribution in [1.82, 2.24) is 9.88 Å². The van der Waals surface area contributed by atoms with Gasteiger partial charge in [-0.3, -0.25) is 4.79 Å². The molecule has 5 nitrogen and oxygen atoms in total. The van der Waals surface area contributed by atoms with Gasteiger partial charge in [-0.25, -0.2) is 4.98 Å². The number of halogens is 1. The first-order chi connectivity index (χ1) is 8.24. The minimum absolute atomic E-state index is 0.222. The number of rotatable bonds is 4. The molecule has 0 aromatic carbocycles. The minimum atomic E-state index is -0.949. The molecule has 0 aliphatic heterocycles.